The topological polar surface area (TPSA) is 60.7 Å². The fourth-order valence-corrected chi connectivity index (χ4v) is 4.69. The van der Waals surface area contributed by atoms with Gasteiger partial charge in [0.05, 0.1) is 23.3 Å². The summed E-state index contributed by atoms with van der Waals surface area (Å²) < 4.78 is 6.00. The molecule has 1 aromatic heterocycles. The number of nitriles is 2. The van der Waals surface area contributed by atoms with Crippen LogP contribution in [-0.2, 0) is 0 Å². The van der Waals surface area contributed by atoms with Crippen LogP contribution < -0.4 is 0 Å². The average Bonchev–Trinajstić information content (AvgIpc) is 3.25. The van der Waals surface area contributed by atoms with Crippen molar-refractivity contribution in [2.24, 2.45) is 0 Å². The largest absolute Gasteiger partial charge is 0.456 e. The van der Waals surface area contributed by atoms with Gasteiger partial charge in [-0.2, -0.15) is 10.5 Å². The van der Waals surface area contributed by atoms with E-state index in [4.69, 9.17) is 4.42 Å². The van der Waals surface area contributed by atoms with Gasteiger partial charge in [-0.1, -0.05) is 66.7 Å². The molecule has 0 N–H and O–H groups in total. The van der Waals surface area contributed by atoms with Gasteiger partial charge in [-0.25, -0.2) is 0 Å². The molecular formula is C30H16N2O. The first-order valence-corrected chi connectivity index (χ1v) is 10.7. The minimum atomic E-state index is 0.498. The molecule has 3 heteroatoms. The molecule has 0 spiro atoms. The first kappa shape index (κ1) is 18.9. The predicted octanol–water partition coefficient (Wildman–Crippen LogP) is 7.82. The Morgan fingerprint density at radius 1 is 0.515 bits per heavy atom. The second kappa shape index (κ2) is 7.38. The van der Waals surface area contributed by atoms with Gasteiger partial charge in [-0.15, -0.1) is 0 Å². The van der Waals surface area contributed by atoms with Crippen molar-refractivity contribution in [2.75, 3.05) is 0 Å². The van der Waals surface area contributed by atoms with Gasteiger partial charge in [0, 0.05) is 16.3 Å². The summed E-state index contributed by atoms with van der Waals surface area (Å²) in [4.78, 5) is 0. The Labute approximate surface area is 190 Å². The van der Waals surface area contributed by atoms with E-state index in [1.165, 1.54) is 0 Å². The lowest BCUT2D eigenvalue weighted by molar-refractivity contribution is 0.669. The molecule has 33 heavy (non-hydrogen) atoms. The van der Waals surface area contributed by atoms with Crippen molar-refractivity contribution in [3.8, 4) is 34.4 Å². The van der Waals surface area contributed by atoms with E-state index in [0.717, 1.165) is 49.4 Å². The Morgan fingerprint density at radius 2 is 1.12 bits per heavy atom. The lowest BCUT2D eigenvalue weighted by atomic mass is 9.88. The van der Waals surface area contributed by atoms with Crippen molar-refractivity contribution in [3.05, 3.63) is 108 Å². The van der Waals surface area contributed by atoms with Crippen LogP contribution in [0.2, 0.25) is 0 Å². The molecule has 0 amide bonds. The molecule has 0 unspecified atom stereocenters. The van der Waals surface area contributed by atoms with Crippen LogP contribution in [0.1, 0.15) is 11.1 Å². The molecule has 1 heterocycles. The Hall–Kier alpha value is -4.86. The van der Waals surface area contributed by atoms with E-state index in [0.29, 0.717) is 16.7 Å². The molecule has 152 valence electrons. The van der Waals surface area contributed by atoms with Crippen molar-refractivity contribution in [3.63, 3.8) is 0 Å². The quantitative estimate of drug-likeness (QED) is 0.287. The van der Waals surface area contributed by atoms with Gasteiger partial charge in [-0.05, 0) is 57.8 Å². The van der Waals surface area contributed by atoms with Crippen LogP contribution in [0.25, 0.3) is 55.0 Å². The van der Waals surface area contributed by atoms with E-state index in [-0.39, 0.29) is 0 Å². The smallest absolute Gasteiger partial charge is 0.135 e. The van der Waals surface area contributed by atoms with E-state index in [1.807, 2.05) is 42.5 Å². The van der Waals surface area contributed by atoms with E-state index < -0.39 is 0 Å². The van der Waals surface area contributed by atoms with Gasteiger partial charge in [-0.3, -0.25) is 0 Å². The summed E-state index contributed by atoms with van der Waals surface area (Å²) in [5.41, 5.74) is 6.49. The van der Waals surface area contributed by atoms with Crippen LogP contribution >= 0.6 is 0 Å². The Bertz CT molecular complexity index is 1760. The lowest BCUT2D eigenvalue weighted by Crippen LogP contribution is -1.92. The third kappa shape index (κ3) is 2.88. The van der Waals surface area contributed by atoms with E-state index in [2.05, 4.69) is 48.5 Å². The third-order valence-electron chi connectivity index (χ3n) is 6.19. The molecule has 0 bridgehead atoms. The monoisotopic (exact) mass is 420 g/mol. The third-order valence-corrected chi connectivity index (χ3v) is 6.19. The number of para-hydroxylation sites is 1. The first-order chi connectivity index (χ1) is 16.3. The zero-order chi connectivity index (χ0) is 22.4. The molecule has 0 fully saturated rings. The highest BCUT2D eigenvalue weighted by molar-refractivity contribution is 6.10. The molecular weight excluding hydrogens is 404 g/mol. The number of hydrogen-bond acceptors (Lipinski definition) is 3. The molecule has 6 aromatic rings. The van der Waals surface area contributed by atoms with Crippen LogP contribution in [0.3, 0.4) is 0 Å². The minimum absolute atomic E-state index is 0.498. The number of rotatable bonds is 2. The Morgan fingerprint density at radius 3 is 1.85 bits per heavy atom. The molecule has 3 nitrogen and oxygen atoms in total. The highest BCUT2D eigenvalue weighted by Gasteiger charge is 2.16. The van der Waals surface area contributed by atoms with Crippen molar-refractivity contribution < 1.29 is 4.42 Å². The number of hydrogen-bond donors (Lipinski definition) is 0. The summed E-state index contributed by atoms with van der Waals surface area (Å²) in [7, 11) is 0. The molecule has 0 radical (unpaired) electrons. The summed E-state index contributed by atoms with van der Waals surface area (Å²) in [5, 5.41) is 23.7. The maximum atomic E-state index is 9.70. The summed E-state index contributed by atoms with van der Waals surface area (Å²) in [6.45, 7) is 0. The second-order valence-electron chi connectivity index (χ2n) is 7.97. The van der Waals surface area contributed by atoms with Crippen LogP contribution in [0.5, 0.6) is 0 Å². The Kier molecular flexibility index (Phi) is 4.22. The van der Waals surface area contributed by atoms with Crippen molar-refractivity contribution in [2.45, 2.75) is 0 Å². The van der Waals surface area contributed by atoms with Gasteiger partial charge < -0.3 is 4.42 Å². The van der Waals surface area contributed by atoms with Crippen molar-refractivity contribution >= 4 is 32.7 Å². The van der Waals surface area contributed by atoms with Gasteiger partial charge in [0.1, 0.15) is 11.2 Å². The zero-order valence-corrected chi connectivity index (χ0v) is 17.5. The van der Waals surface area contributed by atoms with Crippen LogP contribution in [0.4, 0.5) is 0 Å². The van der Waals surface area contributed by atoms with Crippen molar-refractivity contribution in [1.29, 1.82) is 10.5 Å². The fourth-order valence-electron chi connectivity index (χ4n) is 4.69. The summed E-state index contributed by atoms with van der Waals surface area (Å²) in [6.07, 6.45) is 0. The predicted molar refractivity (Wildman–Crippen MR) is 132 cm³/mol. The minimum Gasteiger partial charge on any atom is -0.456 e. The van der Waals surface area contributed by atoms with Gasteiger partial charge >= 0.3 is 0 Å². The Balaban J connectivity index is 1.63. The fraction of sp³-hybridized carbons (Fsp3) is 0. The molecule has 0 aliphatic carbocycles. The maximum Gasteiger partial charge on any atom is 0.135 e. The maximum absolute atomic E-state index is 9.70. The average molecular weight is 420 g/mol. The molecule has 5 aromatic carbocycles. The summed E-state index contributed by atoms with van der Waals surface area (Å²) in [6, 6.07) is 36.4. The van der Waals surface area contributed by atoms with E-state index in [1.54, 1.807) is 18.2 Å². The van der Waals surface area contributed by atoms with Crippen LogP contribution in [0, 0.1) is 22.7 Å². The number of fused-ring (bicyclic) bond motifs is 4. The van der Waals surface area contributed by atoms with Crippen molar-refractivity contribution in [1.82, 2.24) is 0 Å². The number of nitrogens with zero attached hydrogens (tertiary/aromatic N) is 2. The highest BCUT2D eigenvalue weighted by atomic mass is 16.3. The van der Waals surface area contributed by atoms with Gasteiger partial charge in [0.2, 0.25) is 0 Å². The molecule has 0 aliphatic heterocycles. The number of benzene rings is 5. The standard InChI is InChI=1S/C30H16N2O/c31-17-20-6-5-7-21(18-32)30(20)26-14-13-22(23-8-1-2-9-24(23)26)19-12-15-29-27(16-19)25-10-3-4-11-28(25)33-29/h1-16H. The molecule has 0 atom stereocenters. The highest BCUT2D eigenvalue weighted by Crippen LogP contribution is 2.39. The lowest BCUT2D eigenvalue weighted by Gasteiger charge is -2.14. The van der Waals surface area contributed by atoms with Gasteiger partial charge in [0.25, 0.3) is 0 Å². The van der Waals surface area contributed by atoms with E-state index in [9.17, 15) is 10.5 Å². The zero-order valence-electron chi connectivity index (χ0n) is 17.5. The molecule has 0 saturated heterocycles. The van der Waals surface area contributed by atoms with Crippen LogP contribution in [-0.4, -0.2) is 0 Å². The summed E-state index contributed by atoms with van der Waals surface area (Å²) in [5.74, 6) is 0. The number of furan rings is 1. The molecule has 0 saturated carbocycles. The SMILES string of the molecule is N#Cc1cccc(C#N)c1-c1ccc(-c2ccc3oc4ccccc4c3c2)c2ccccc12. The second-order valence-corrected chi connectivity index (χ2v) is 7.97. The van der Waals surface area contributed by atoms with E-state index >= 15 is 0 Å². The first-order valence-electron chi connectivity index (χ1n) is 10.7. The molecule has 0 aliphatic rings. The molecule has 6 rings (SSSR count). The summed E-state index contributed by atoms with van der Waals surface area (Å²) >= 11 is 0. The van der Waals surface area contributed by atoms with Gasteiger partial charge in [0.15, 0.2) is 0 Å². The normalized spacial score (nSPS) is 11.0. The van der Waals surface area contributed by atoms with Crippen LogP contribution in [0.15, 0.2) is 101 Å².